The first kappa shape index (κ1) is 10.1. The van der Waals surface area contributed by atoms with Crippen LogP contribution in [0.5, 0.6) is 0 Å². The predicted molar refractivity (Wildman–Crippen MR) is 52.5 cm³/mol. The van der Waals surface area contributed by atoms with Crippen molar-refractivity contribution in [3.05, 3.63) is 11.7 Å². The van der Waals surface area contributed by atoms with Crippen molar-refractivity contribution in [2.45, 2.75) is 12.8 Å². The molecule has 0 unspecified atom stereocenters. The molecule has 1 aliphatic rings. The molecule has 1 amide bonds. The number of amides is 1. The van der Waals surface area contributed by atoms with Crippen molar-refractivity contribution in [1.82, 2.24) is 20.8 Å². The molecule has 0 saturated carbocycles. The van der Waals surface area contributed by atoms with Crippen LogP contribution in [-0.4, -0.2) is 36.2 Å². The van der Waals surface area contributed by atoms with Gasteiger partial charge in [-0.15, -0.1) is 0 Å². The van der Waals surface area contributed by atoms with E-state index in [4.69, 9.17) is 4.52 Å². The molecule has 1 saturated heterocycles. The van der Waals surface area contributed by atoms with Crippen LogP contribution < -0.4 is 10.6 Å². The van der Waals surface area contributed by atoms with Crippen LogP contribution in [0.15, 0.2) is 4.52 Å². The van der Waals surface area contributed by atoms with E-state index in [1.165, 1.54) is 7.05 Å². The topological polar surface area (TPSA) is 80.0 Å². The van der Waals surface area contributed by atoms with Gasteiger partial charge in [0.15, 0.2) is 0 Å². The second kappa shape index (κ2) is 3.98. The SMILES string of the molecule is CNC(=O)c1noc([C@@H]2CNC[C@H]2C)n1. The van der Waals surface area contributed by atoms with Crippen molar-refractivity contribution in [3.63, 3.8) is 0 Å². The van der Waals surface area contributed by atoms with E-state index in [-0.39, 0.29) is 17.6 Å². The van der Waals surface area contributed by atoms with Gasteiger partial charge in [0.2, 0.25) is 5.89 Å². The van der Waals surface area contributed by atoms with Gasteiger partial charge in [0, 0.05) is 13.6 Å². The van der Waals surface area contributed by atoms with Crippen LogP contribution in [0.2, 0.25) is 0 Å². The molecule has 1 aliphatic heterocycles. The van der Waals surface area contributed by atoms with Gasteiger partial charge in [0.25, 0.3) is 11.7 Å². The van der Waals surface area contributed by atoms with E-state index in [1.807, 2.05) is 0 Å². The van der Waals surface area contributed by atoms with Crippen molar-refractivity contribution < 1.29 is 9.32 Å². The third-order valence-corrected chi connectivity index (χ3v) is 2.71. The maximum Gasteiger partial charge on any atom is 0.292 e. The Kier molecular flexibility index (Phi) is 2.68. The number of carbonyl (C=O) groups excluding carboxylic acids is 1. The van der Waals surface area contributed by atoms with E-state index < -0.39 is 0 Å². The van der Waals surface area contributed by atoms with Crippen molar-refractivity contribution in [3.8, 4) is 0 Å². The summed E-state index contributed by atoms with van der Waals surface area (Å²) in [6, 6.07) is 0. The quantitative estimate of drug-likeness (QED) is 0.703. The van der Waals surface area contributed by atoms with Gasteiger partial charge in [-0.2, -0.15) is 4.98 Å². The zero-order chi connectivity index (χ0) is 10.8. The van der Waals surface area contributed by atoms with Crippen molar-refractivity contribution in [2.24, 2.45) is 5.92 Å². The minimum absolute atomic E-state index is 0.103. The third kappa shape index (κ3) is 1.85. The standard InChI is InChI=1S/C9H14N4O2/c1-5-3-11-4-6(5)9-12-7(13-15-9)8(14)10-2/h5-6,11H,3-4H2,1-2H3,(H,10,14)/t5-,6-/m1/s1. The Bertz CT molecular complexity index is 363. The molecule has 82 valence electrons. The molecule has 0 spiro atoms. The Morgan fingerprint density at radius 3 is 3.00 bits per heavy atom. The number of rotatable bonds is 2. The lowest BCUT2D eigenvalue weighted by Crippen LogP contribution is -2.19. The summed E-state index contributed by atoms with van der Waals surface area (Å²) >= 11 is 0. The first-order valence-electron chi connectivity index (χ1n) is 4.98. The summed E-state index contributed by atoms with van der Waals surface area (Å²) in [6.07, 6.45) is 0. The van der Waals surface area contributed by atoms with E-state index in [0.29, 0.717) is 11.8 Å². The molecule has 2 N–H and O–H groups in total. The smallest absolute Gasteiger partial charge is 0.292 e. The average molecular weight is 210 g/mol. The lowest BCUT2D eigenvalue weighted by Gasteiger charge is -2.07. The minimum atomic E-state index is -0.316. The molecule has 1 aromatic rings. The third-order valence-electron chi connectivity index (χ3n) is 2.71. The fraction of sp³-hybridized carbons (Fsp3) is 0.667. The highest BCUT2D eigenvalue weighted by atomic mass is 16.5. The zero-order valence-corrected chi connectivity index (χ0v) is 8.78. The number of carbonyl (C=O) groups is 1. The fourth-order valence-electron chi connectivity index (χ4n) is 1.73. The van der Waals surface area contributed by atoms with Crippen LogP contribution in [0, 0.1) is 5.92 Å². The van der Waals surface area contributed by atoms with Crippen LogP contribution >= 0.6 is 0 Å². The molecule has 0 bridgehead atoms. The van der Waals surface area contributed by atoms with Gasteiger partial charge in [-0.05, 0) is 12.5 Å². The van der Waals surface area contributed by atoms with Crippen LogP contribution in [0.1, 0.15) is 29.4 Å². The monoisotopic (exact) mass is 210 g/mol. The molecule has 0 aliphatic carbocycles. The van der Waals surface area contributed by atoms with Gasteiger partial charge < -0.3 is 15.2 Å². The summed E-state index contributed by atoms with van der Waals surface area (Å²) in [4.78, 5) is 15.3. The zero-order valence-electron chi connectivity index (χ0n) is 8.78. The highest BCUT2D eigenvalue weighted by Crippen LogP contribution is 2.25. The lowest BCUT2D eigenvalue weighted by atomic mass is 9.98. The molecular formula is C9H14N4O2. The summed E-state index contributed by atoms with van der Waals surface area (Å²) in [5.41, 5.74) is 0. The Hall–Kier alpha value is -1.43. The number of hydrogen-bond donors (Lipinski definition) is 2. The summed E-state index contributed by atoms with van der Waals surface area (Å²) < 4.78 is 5.08. The second-order valence-corrected chi connectivity index (χ2v) is 3.78. The molecule has 2 rings (SSSR count). The maximum absolute atomic E-state index is 11.2. The molecular weight excluding hydrogens is 196 g/mol. The van der Waals surface area contributed by atoms with Crippen LogP contribution in [-0.2, 0) is 0 Å². The van der Waals surface area contributed by atoms with E-state index in [9.17, 15) is 4.79 Å². The largest absolute Gasteiger partial charge is 0.352 e. The molecule has 2 atom stereocenters. The summed E-state index contributed by atoms with van der Waals surface area (Å²) in [5.74, 6) is 1.01. The molecule has 1 aromatic heterocycles. The molecule has 0 radical (unpaired) electrons. The van der Waals surface area contributed by atoms with E-state index in [2.05, 4.69) is 27.7 Å². The summed E-state index contributed by atoms with van der Waals surface area (Å²) in [7, 11) is 1.54. The van der Waals surface area contributed by atoms with Crippen molar-refractivity contribution in [1.29, 1.82) is 0 Å². The molecule has 1 fully saturated rings. The lowest BCUT2D eigenvalue weighted by molar-refractivity contribution is 0.0950. The highest BCUT2D eigenvalue weighted by Gasteiger charge is 2.30. The number of nitrogens with one attached hydrogen (secondary N) is 2. The Morgan fingerprint density at radius 1 is 1.60 bits per heavy atom. The minimum Gasteiger partial charge on any atom is -0.352 e. The van der Waals surface area contributed by atoms with Gasteiger partial charge in [0.1, 0.15) is 0 Å². The normalized spacial score (nSPS) is 25.5. The molecule has 0 aromatic carbocycles. The molecule has 2 heterocycles. The number of nitrogens with zero attached hydrogens (tertiary/aromatic N) is 2. The van der Waals surface area contributed by atoms with E-state index >= 15 is 0 Å². The van der Waals surface area contributed by atoms with Gasteiger partial charge in [-0.1, -0.05) is 12.1 Å². The van der Waals surface area contributed by atoms with Gasteiger partial charge in [0.05, 0.1) is 5.92 Å². The number of hydrogen-bond acceptors (Lipinski definition) is 5. The van der Waals surface area contributed by atoms with Gasteiger partial charge in [-0.25, -0.2) is 0 Å². The first-order valence-corrected chi connectivity index (χ1v) is 4.98. The molecule has 15 heavy (non-hydrogen) atoms. The second-order valence-electron chi connectivity index (χ2n) is 3.78. The Labute approximate surface area is 87.4 Å². The fourth-order valence-corrected chi connectivity index (χ4v) is 1.73. The van der Waals surface area contributed by atoms with Crippen molar-refractivity contribution in [2.75, 3.05) is 20.1 Å². The summed E-state index contributed by atoms with van der Waals surface area (Å²) in [5, 5.41) is 9.34. The maximum atomic E-state index is 11.2. The van der Waals surface area contributed by atoms with Gasteiger partial charge >= 0.3 is 0 Å². The van der Waals surface area contributed by atoms with E-state index in [0.717, 1.165) is 13.1 Å². The van der Waals surface area contributed by atoms with Gasteiger partial charge in [-0.3, -0.25) is 4.79 Å². The first-order chi connectivity index (χ1) is 7.22. The average Bonchev–Trinajstić information content (AvgIpc) is 2.84. The Morgan fingerprint density at radius 2 is 2.40 bits per heavy atom. The Balaban J connectivity index is 2.16. The number of aromatic nitrogens is 2. The predicted octanol–water partition coefficient (Wildman–Crippen LogP) is -0.248. The van der Waals surface area contributed by atoms with Crippen LogP contribution in [0.25, 0.3) is 0 Å². The van der Waals surface area contributed by atoms with Crippen molar-refractivity contribution >= 4 is 5.91 Å². The molecule has 6 nitrogen and oxygen atoms in total. The van der Waals surface area contributed by atoms with Crippen LogP contribution in [0.4, 0.5) is 0 Å². The highest BCUT2D eigenvalue weighted by molar-refractivity contribution is 5.89. The summed E-state index contributed by atoms with van der Waals surface area (Å²) in [6.45, 7) is 3.90. The molecule has 6 heteroatoms. The van der Waals surface area contributed by atoms with Crippen LogP contribution in [0.3, 0.4) is 0 Å². The van der Waals surface area contributed by atoms with E-state index in [1.54, 1.807) is 0 Å².